The fraction of sp³-hybridized carbons (Fsp3) is 0.611. The number of ether oxygens (including phenoxy) is 1. The lowest BCUT2D eigenvalue weighted by molar-refractivity contribution is 0.0185. The largest absolute Gasteiger partial charge is 0.444 e. The minimum atomic E-state index is -0.445. The van der Waals surface area contributed by atoms with Crippen LogP contribution >= 0.6 is 15.9 Å². The number of piperazine rings is 1. The van der Waals surface area contributed by atoms with E-state index in [2.05, 4.69) is 46.0 Å². The highest BCUT2D eigenvalue weighted by Crippen LogP contribution is 2.39. The number of amides is 1. The molecule has 1 aromatic carbocycles. The first-order chi connectivity index (χ1) is 10.8. The molecule has 2 atom stereocenters. The summed E-state index contributed by atoms with van der Waals surface area (Å²) in [7, 11) is 0. The third-order valence-corrected chi connectivity index (χ3v) is 5.05. The van der Waals surface area contributed by atoms with E-state index in [1.165, 1.54) is 11.3 Å². The van der Waals surface area contributed by atoms with Crippen LogP contribution in [0.5, 0.6) is 0 Å². The highest BCUT2D eigenvalue weighted by molar-refractivity contribution is 9.10. The molecule has 0 N–H and O–H groups in total. The van der Waals surface area contributed by atoms with Crippen molar-refractivity contribution in [1.29, 1.82) is 0 Å². The minimum Gasteiger partial charge on any atom is -0.444 e. The lowest BCUT2D eigenvalue weighted by Crippen LogP contribution is -2.59. The van der Waals surface area contributed by atoms with Gasteiger partial charge in [-0.3, -0.25) is 0 Å². The number of halogens is 1. The third kappa shape index (κ3) is 3.35. The molecule has 1 amide bonds. The van der Waals surface area contributed by atoms with Gasteiger partial charge in [-0.25, -0.2) is 4.79 Å². The van der Waals surface area contributed by atoms with Crippen molar-refractivity contribution in [3.63, 3.8) is 0 Å². The van der Waals surface area contributed by atoms with E-state index < -0.39 is 5.60 Å². The van der Waals surface area contributed by atoms with Crippen LogP contribution in [0.25, 0.3) is 0 Å². The Hall–Kier alpha value is -1.23. The van der Waals surface area contributed by atoms with Gasteiger partial charge in [-0.1, -0.05) is 28.9 Å². The molecule has 1 fully saturated rings. The minimum absolute atomic E-state index is 0.187. The van der Waals surface area contributed by atoms with Crippen LogP contribution in [0, 0.1) is 0 Å². The molecular weight excluding hydrogens is 356 g/mol. The number of hydrogen-bond acceptors (Lipinski definition) is 3. The van der Waals surface area contributed by atoms with Gasteiger partial charge >= 0.3 is 6.09 Å². The average Bonchev–Trinajstić information content (AvgIpc) is 2.82. The Morgan fingerprint density at radius 3 is 2.74 bits per heavy atom. The second-order valence-electron chi connectivity index (χ2n) is 7.49. The molecule has 0 aliphatic carbocycles. The fourth-order valence-electron chi connectivity index (χ4n) is 3.62. The van der Waals surface area contributed by atoms with Gasteiger partial charge in [0.2, 0.25) is 0 Å². The molecule has 2 aliphatic rings. The maximum atomic E-state index is 12.5. The Labute approximate surface area is 146 Å². The number of hydrogen-bond donors (Lipinski definition) is 0. The topological polar surface area (TPSA) is 32.8 Å². The molecule has 1 aromatic rings. The Kier molecular flexibility index (Phi) is 4.34. The van der Waals surface area contributed by atoms with Gasteiger partial charge in [0.15, 0.2) is 0 Å². The standard InChI is InChI=1S/C18H25BrN2O2/c1-5-14-10-20(17(22)23-18(2,3)4)11-15-8-12-6-7-13(19)9-16(12)21(14)15/h6-7,9,14-15H,5,8,10-11H2,1-4H3. The second kappa shape index (κ2) is 6.00. The van der Waals surface area contributed by atoms with Gasteiger partial charge in [-0.05, 0) is 51.3 Å². The summed E-state index contributed by atoms with van der Waals surface area (Å²) in [5.41, 5.74) is 2.25. The van der Waals surface area contributed by atoms with Gasteiger partial charge in [0.1, 0.15) is 5.60 Å². The number of carbonyl (C=O) groups is 1. The van der Waals surface area contributed by atoms with E-state index in [4.69, 9.17) is 4.74 Å². The van der Waals surface area contributed by atoms with Crippen molar-refractivity contribution in [2.75, 3.05) is 18.0 Å². The van der Waals surface area contributed by atoms with E-state index in [1.54, 1.807) is 0 Å². The van der Waals surface area contributed by atoms with E-state index in [9.17, 15) is 4.79 Å². The smallest absolute Gasteiger partial charge is 0.410 e. The molecule has 2 heterocycles. The Morgan fingerprint density at radius 1 is 1.35 bits per heavy atom. The zero-order valence-corrected chi connectivity index (χ0v) is 15.9. The molecule has 2 unspecified atom stereocenters. The first-order valence-corrected chi connectivity index (χ1v) is 9.12. The molecule has 23 heavy (non-hydrogen) atoms. The zero-order chi connectivity index (χ0) is 16.8. The number of nitrogens with zero attached hydrogens (tertiary/aromatic N) is 2. The lowest BCUT2D eigenvalue weighted by Gasteiger charge is -2.45. The van der Waals surface area contributed by atoms with Crippen LogP contribution in [0.3, 0.4) is 0 Å². The Balaban J connectivity index is 1.81. The number of benzene rings is 1. The van der Waals surface area contributed by atoms with E-state index in [0.717, 1.165) is 30.4 Å². The first kappa shape index (κ1) is 16.6. The van der Waals surface area contributed by atoms with Gasteiger partial charge in [0.05, 0.1) is 6.04 Å². The number of fused-ring (bicyclic) bond motifs is 3. The Morgan fingerprint density at radius 2 is 2.09 bits per heavy atom. The van der Waals surface area contributed by atoms with E-state index in [0.29, 0.717) is 12.1 Å². The van der Waals surface area contributed by atoms with Crippen LogP contribution < -0.4 is 4.90 Å². The van der Waals surface area contributed by atoms with Crippen molar-refractivity contribution in [3.05, 3.63) is 28.2 Å². The van der Waals surface area contributed by atoms with Crippen LogP contribution in [0.4, 0.5) is 10.5 Å². The van der Waals surface area contributed by atoms with Gasteiger partial charge < -0.3 is 14.5 Å². The molecule has 0 radical (unpaired) electrons. The van der Waals surface area contributed by atoms with E-state index in [-0.39, 0.29) is 6.09 Å². The van der Waals surface area contributed by atoms with Crippen LogP contribution in [0.1, 0.15) is 39.7 Å². The predicted octanol–water partition coefficient (Wildman–Crippen LogP) is 4.21. The summed E-state index contributed by atoms with van der Waals surface area (Å²) >= 11 is 3.58. The lowest BCUT2D eigenvalue weighted by atomic mass is 10.0. The summed E-state index contributed by atoms with van der Waals surface area (Å²) in [6.45, 7) is 9.41. The number of anilines is 1. The van der Waals surface area contributed by atoms with Crippen molar-refractivity contribution in [2.45, 2.75) is 58.2 Å². The summed E-state index contributed by atoms with van der Waals surface area (Å²) in [6, 6.07) is 7.20. The summed E-state index contributed by atoms with van der Waals surface area (Å²) in [5, 5.41) is 0. The van der Waals surface area contributed by atoms with Crippen molar-refractivity contribution < 1.29 is 9.53 Å². The number of rotatable bonds is 1. The zero-order valence-electron chi connectivity index (χ0n) is 14.3. The van der Waals surface area contributed by atoms with Crippen LogP contribution in [-0.4, -0.2) is 41.8 Å². The monoisotopic (exact) mass is 380 g/mol. The third-order valence-electron chi connectivity index (χ3n) is 4.55. The molecule has 0 spiro atoms. The highest BCUT2D eigenvalue weighted by Gasteiger charge is 2.41. The molecule has 5 heteroatoms. The van der Waals surface area contributed by atoms with Gasteiger partial charge in [0.25, 0.3) is 0 Å². The SMILES string of the molecule is CCC1CN(C(=O)OC(C)(C)C)CC2Cc3ccc(Br)cc3N12. The van der Waals surface area contributed by atoms with Crippen LogP contribution in [-0.2, 0) is 11.2 Å². The summed E-state index contributed by atoms with van der Waals surface area (Å²) < 4.78 is 6.69. The predicted molar refractivity (Wildman–Crippen MR) is 96.0 cm³/mol. The fourth-order valence-corrected chi connectivity index (χ4v) is 3.97. The van der Waals surface area contributed by atoms with Gasteiger partial charge in [-0.15, -0.1) is 0 Å². The molecule has 3 rings (SSSR count). The van der Waals surface area contributed by atoms with Gasteiger partial charge in [-0.2, -0.15) is 0 Å². The van der Waals surface area contributed by atoms with Crippen LogP contribution in [0.2, 0.25) is 0 Å². The molecule has 4 nitrogen and oxygen atoms in total. The average molecular weight is 381 g/mol. The maximum absolute atomic E-state index is 12.5. The van der Waals surface area contributed by atoms with Crippen molar-refractivity contribution >= 4 is 27.7 Å². The molecule has 126 valence electrons. The van der Waals surface area contributed by atoms with Crippen LogP contribution in [0.15, 0.2) is 22.7 Å². The molecular formula is C18H25BrN2O2. The van der Waals surface area contributed by atoms with Crippen molar-refractivity contribution in [3.8, 4) is 0 Å². The van der Waals surface area contributed by atoms with E-state index >= 15 is 0 Å². The molecule has 0 saturated carbocycles. The second-order valence-corrected chi connectivity index (χ2v) is 8.40. The quantitative estimate of drug-likeness (QED) is 0.731. The highest BCUT2D eigenvalue weighted by atomic mass is 79.9. The molecule has 1 saturated heterocycles. The van der Waals surface area contributed by atoms with Gasteiger partial charge in [0, 0.05) is 29.3 Å². The number of carbonyl (C=O) groups excluding carboxylic acids is 1. The first-order valence-electron chi connectivity index (χ1n) is 8.33. The van der Waals surface area contributed by atoms with Crippen molar-refractivity contribution in [2.24, 2.45) is 0 Å². The van der Waals surface area contributed by atoms with E-state index in [1.807, 2.05) is 25.7 Å². The Bertz CT molecular complexity index is 604. The molecule has 0 aromatic heterocycles. The summed E-state index contributed by atoms with van der Waals surface area (Å²) in [4.78, 5) is 16.9. The maximum Gasteiger partial charge on any atom is 0.410 e. The normalized spacial score (nSPS) is 23.5. The van der Waals surface area contributed by atoms with Crippen molar-refractivity contribution in [1.82, 2.24) is 4.90 Å². The molecule has 0 bridgehead atoms. The molecule has 2 aliphatic heterocycles. The summed E-state index contributed by atoms with van der Waals surface area (Å²) in [6.07, 6.45) is 1.83. The summed E-state index contributed by atoms with van der Waals surface area (Å²) in [5.74, 6) is 0.